The Hall–Kier alpha value is -3.36. The van der Waals surface area contributed by atoms with Gasteiger partial charge >= 0.3 is 6.09 Å². The third kappa shape index (κ3) is 6.97. The van der Waals surface area contributed by atoms with Gasteiger partial charge in [-0.2, -0.15) is 0 Å². The molecule has 44 heavy (non-hydrogen) atoms. The van der Waals surface area contributed by atoms with Crippen molar-refractivity contribution in [1.29, 1.82) is 0 Å². The number of sulfonamides is 1. The molecule has 1 fully saturated rings. The standard InChI is InChI=1S/C29H34ClF2N3O7S2/c1-7-29(10-12-34(17-29)27(36)42-28(2,3)4)41-22-15-20(31)25(24(32)23(22)30)44(37,38)35(26-33-11-13-43-26)16-18-8-9-19(39-5)14-21(18)40-6/h8-9,11,13-15H,7,10,12,16-17H2,1-6H3. The van der Waals surface area contributed by atoms with Crippen molar-refractivity contribution < 1.29 is 40.9 Å². The lowest BCUT2D eigenvalue weighted by Gasteiger charge is -2.31. The molecule has 0 N–H and O–H groups in total. The monoisotopic (exact) mass is 673 g/mol. The van der Waals surface area contributed by atoms with Crippen LogP contribution in [-0.2, 0) is 21.3 Å². The molecule has 2 aromatic carbocycles. The molecule has 0 radical (unpaired) electrons. The van der Waals surface area contributed by atoms with Crippen LogP contribution in [0, 0.1) is 11.6 Å². The van der Waals surface area contributed by atoms with Crippen LogP contribution in [0.25, 0.3) is 0 Å². The lowest BCUT2D eigenvalue weighted by Crippen LogP contribution is -2.42. The van der Waals surface area contributed by atoms with Gasteiger partial charge in [-0.1, -0.05) is 18.5 Å². The highest BCUT2D eigenvalue weighted by Gasteiger charge is 2.43. The Kier molecular flexibility index (Phi) is 9.86. The zero-order valence-electron chi connectivity index (χ0n) is 25.1. The molecule has 1 atom stereocenters. The lowest BCUT2D eigenvalue weighted by molar-refractivity contribution is 0.0201. The van der Waals surface area contributed by atoms with E-state index in [0.717, 1.165) is 21.7 Å². The average Bonchev–Trinajstić information content (AvgIpc) is 3.64. The number of benzene rings is 2. The van der Waals surface area contributed by atoms with Gasteiger partial charge in [-0.05, 0) is 39.3 Å². The molecule has 0 spiro atoms. The summed E-state index contributed by atoms with van der Waals surface area (Å²) in [5, 5.41) is 0.789. The second kappa shape index (κ2) is 12.9. The fourth-order valence-electron chi connectivity index (χ4n) is 4.71. The first-order valence-electron chi connectivity index (χ1n) is 13.6. The quantitative estimate of drug-likeness (QED) is 0.220. The molecule has 1 aliphatic rings. The molecule has 2 heterocycles. The van der Waals surface area contributed by atoms with Gasteiger partial charge in [0.05, 0.1) is 27.3 Å². The largest absolute Gasteiger partial charge is 0.497 e. The number of methoxy groups -OCH3 is 2. The molecule has 240 valence electrons. The summed E-state index contributed by atoms with van der Waals surface area (Å²) in [6.07, 6.45) is 1.53. The Bertz CT molecular complexity index is 1620. The number of rotatable bonds is 10. The Balaban J connectivity index is 1.69. The molecule has 4 rings (SSSR count). The zero-order valence-corrected chi connectivity index (χ0v) is 27.5. The van der Waals surface area contributed by atoms with Gasteiger partial charge in [0.2, 0.25) is 0 Å². The van der Waals surface area contributed by atoms with Crippen LogP contribution in [0.2, 0.25) is 5.02 Å². The van der Waals surface area contributed by atoms with E-state index in [1.54, 1.807) is 45.9 Å². The van der Waals surface area contributed by atoms with E-state index in [0.29, 0.717) is 29.9 Å². The van der Waals surface area contributed by atoms with E-state index < -0.39 is 48.9 Å². The van der Waals surface area contributed by atoms with E-state index in [1.165, 1.54) is 30.7 Å². The van der Waals surface area contributed by atoms with Gasteiger partial charge in [0.25, 0.3) is 10.0 Å². The summed E-state index contributed by atoms with van der Waals surface area (Å²) >= 11 is 7.30. The first kappa shape index (κ1) is 33.5. The van der Waals surface area contributed by atoms with E-state index >= 15 is 8.78 Å². The van der Waals surface area contributed by atoms with Gasteiger partial charge < -0.3 is 23.8 Å². The van der Waals surface area contributed by atoms with Crippen molar-refractivity contribution in [3.05, 3.63) is 58.1 Å². The van der Waals surface area contributed by atoms with E-state index in [2.05, 4.69) is 4.98 Å². The molecule has 1 aromatic heterocycles. The Morgan fingerprint density at radius 2 is 1.91 bits per heavy atom. The third-order valence-corrected chi connectivity index (χ3v) is 10.0. The number of carbonyl (C=O) groups is 1. The number of thiazole rings is 1. The maximum Gasteiger partial charge on any atom is 0.410 e. The van der Waals surface area contributed by atoms with Gasteiger partial charge in [0.1, 0.15) is 33.5 Å². The maximum atomic E-state index is 15.9. The number of ether oxygens (including phenoxy) is 4. The molecule has 0 saturated carbocycles. The first-order valence-corrected chi connectivity index (χ1v) is 16.3. The molecule has 0 bridgehead atoms. The van der Waals surface area contributed by atoms with E-state index in [1.807, 2.05) is 0 Å². The number of anilines is 1. The van der Waals surface area contributed by atoms with Crippen LogP contribution < -0.4 is 18.5 Å². The highest BCUT2D eigenvalue weighted by molar-refractivity contribution is 7.93. The molecule has 15 heteroatoms. The SMILES string of the molecule is CCC1(Oc2cc(F)c(S(=O)(=O)N(Cc3ccc(OC)cc3OC)c3nccs3)c(F)c2Cl)CCN(C(=O)OC(C)(C)C)C1. The van der Waals surface area contributed by atoms with Crippen molar-refractivity contribution in [2.45, 2.75) is 63.2 Å². The van der Waals surface area contributed by atoms with Crippen LogP contribution >= 0.6 is 22.9 Å². The summed E-state index contributed by atoms with van der Waals surface area (Å²) in [6, 6.07) is 5.49. The van der Waals surface area contributed by atoms with Gasteiger partial charge in [-0.3, -0.25) is 0 Å². The molecule has 10 nitrogen and oxygen atoms in total. The number of halogens is 3. The summed E-state index contributed by atoms with van der Waals surface area (Å²) in [5.74, 6) is -2.54. The summed E-state index contributed by atoms with van der Waals surface area (Å²) in [5.41, 5.74) is -1.35. The molecule has 1 unspecified atom stereocenters. The van der Waals surface area contributed by atoms with Crippen molar-refractivity contribution in [2.24, 2.45) is 0 Å². The predicted molar refractivity (Wildman–Crippen MR) is 162 cm³/mol. The van der Waals surface area contributed by atoms with E-state index in [-0.39, 0.29) is 30.5 Å². The number of amides is 1. The minimum Gasteiger partial charge on any atom is -0.497 e. The lowest BCUT2D eigenvalue weighted by atomic mass is 9.99. The topological polar surface area (TPSA) is 108 Å². The smallest absolute Gasteiger partial charge is 0.410 e. The third-order valence-electron chi connectivity index (χ3n) is 7.01. The van der Waals surface area contributed by atoms with Gasteiger partial charge in [0, 0.05) is 42.2 Å². The van der Waals surface area contributed by atoms with E-state index in [9.17, 15) is 13.2 Å². The maximum absolute atomic E-state index is 15.9. The van der Waals surface area contributed by atoms with Crippen molar-refractivity contribution in [3.8, 4) is 17.2 Å². The van der Waals surface area contributed by atoms with E-state index in [4.69, 9.17) is 30.5 Å². The normalized spacial score (nSPS) is 17.0. The number of likely N-dealkylation sites (tertiary alicyclic amines) is 1. The average molecular weight is 674 g/mol. The Morgan fingerprint density at radius 1 is 1.18 bits per heavy atom. The summed E-state index contributed by atoms with van der Waals surface area (Å²) < 4.78 is 82.4. The fourth-order valence-corrected chi connectivity index (χ4v) is 7.34. The molecule has 0 aliphatic carbocycles. The highest BCUT2D eigenvalue weighted by atomic mass is 35.5. The number of hydrogen-bond acceptors (Lipinski definition) is 9. The first-order chi connectivity index (χ1) is 20.6. The number of carbonyl (C=O) groups excluding carboxylic acids is 1. The predicted octanol–water partition coefficient (Wildman–Crippen LogP) is 6.66. The summed E-state index contributed by atoms with van der Waals surface area (Å²) in [4.78, 5) is 16.9. The highest BCUT2D eigenvalue weighted by Crippen LogP contribution is 2.41. The van der Waals surface area contributed by atoms with Gasteiger partial charge in [-0.25, -0.2) is 31.3 Å². The van der Waals surface area contributed by atoms with Crippen LogP contribution in [0.4, 0.5) is 18.7 Å². The van der Waals surface area contributed by atoms with Crippen molar-refractivity contribution in [2.75, 3.05) is 31.6 Å². The molecular weight excluding hydrogens is 640 g/mol. The van der Waals surface area contributed by atoms with Crippen LogP contribution in [0.1, 0.15) is 46.1 Å². The van der Waals surface area contributed by atoms with Crippen molar-refractivity contribution >= 4 is 44.2 Å². The molecule has 3 aromatic rings. The van der Waals surface area contributed by atoms with Crippen LogP contribution in [0.5, 0.6) is 17.2 Å². The number of hydrogen-bond donors (Lipinski definition) is 0. The number of nitrogens with zero attached hydrogens (tertiary/aromatic N) is 3. The van der Waals surface area contributed by atoms with Gasteiger partial charge in [-0.15, -0.1) is 11.3 Å². The molecule has 1 aliphatic heterocycles. The minimum absolute atomic E-state index is 0.0313. The fraction of sp³-hybridized carbons (Fsp3) is 0.448. The zero-order chi connectivity index (χ0) is 32.4. The Morgan fingerprint density at radius 3 is 2.50 bits per heavy atom. The van der Waals surface area contributed by atoms with Crippen molar-refractivity contribution in [3.63, 3.8) is 0 Å². The molecule has 1 amide bonds. The van der Waals surface area contributed by atoms with Gasteiger partial charge in [0.15, 0.2) is 21.7 Å². The van der Waals surface area contributed by atoms with Crippen molar-refractivity contribution in [1.82, 2.24) is 9.88 Å². The minimum atomic E-state index is -4.91. The van der Waals surface area contributed by atoms with Crippen LogP contribution in [-0.4, -0.2) is 62.9 Å². The van der Waals surface area contributed by atoms with Crippen LogP contribution in [0.3, 0.4) is 0 Å². The Labute approximate surface area is 264 Å². The summed E-state index contributed by atoms with van der Waals surface area (Å²) in [6.45, 7) is 7.04. The number of aromatic nitrogens is 1. The summed E-state index contributed by atoms with van der Waals surface area (Å²) in [7, 11) is -2.04. The molecule has 1 saturated heterocycles. The second-order valence-corrected chi connectivity index (χ2v) is 14.2. The van der Waals surface area contributed by atoms with Crippen LogP contribution in [0.15, 0.2) is 40.7 Å². The second-order valence-electron chi connectivity index (χ2n) is 11.1. The molecular formula is C29H34ClF2N3O7S2.